The Labute approximate surface area is 136 Å². The van der Waals surface area contributed by atoms with E-state index in [1.54, 1.807) is 18.4 Å². The van der Waals surface area contributed by atoms with Gasteiger partial charge in [-0.1, -0.05) is 6.42 Å². The highest BCUT2D eigenvalue weighted by Crippen LogP contribution is 2.43. The Kier molecular flexibility index (Phi) is 3.45. The van der Waals surface area contributed by atoms with Crippen LogP contribution in [-0.4, -0.2) is 39.5 Å². The predicted octanol–water partition coefficient (Wildman–Crippen LogP) is 2.73. The second kappa shape index (κ2) is 5.49. The zero-order chi connectivity index (χ0) is 16.0. The molecule has 2 aromatic heterocycles. The van der Waals surface area contributed by atoms with E-state index in [4.69, 9.17) is 4.42 Å². The molecule has 0 bridgehead atoms. The van der Waals surface area contributed by atoms with E-state index >= 15 is 0 Å². The molecule has 3 atom stereocenters. The Balaban J connectivity index is 1.60. The fraction of sp³-hybridized carbons (Fsp3) is 0.438. The summed E-state index contributed by atoms with van der Waals surface area (Å²) in [5.74, 6) is -0.112. The smallest absolute Gasteiger partial charge is 0.326 e. The molecule has 2 aliphatic rings. The maximum atomic E-state index is 12.8. The van der Waals surface area contributed by atoms with E-state index in [0.29, 0.717) is 28.1 Å². The van der Waals surface area contributed by atoms with E-state index in [-0.39, 0.29) is 11.8 Å². The van der Waals surface area contributed by atoms with Crippen LogP contribution in [0, 0.1) is 11.8 Å². The minimum Gasteiger partial charge on any atom is -0.480 e. The number of thiazole rings is 1. The van der Waals surface area contributed by atoms with Crippen molar-refractivity contribution in [2.75, 3.05) is 6.54 Å². The molecule has 2 fully saturated rings. The maximum absolute atomic E-state index is 12.8. The van der Waals surface area contributed by atoms with Crippen LogP contribution in [0.2, 0.25) is 0 Å². The average molecular weight is 332 g/mol. The molecule has 1 aliphatic carbocycles. The summed E-state index contributed by atoms with van der Waals surface area (Å²) >= 11 is 1.24. The summed E-state index contributed by atoms with van der Waals surface area (Å²) in [6.07, 6.45) is 6.03. The molecule has 1 saturated heterocycles. The van der Waals surface area contributed by atoms with Gasteiger partial charge in [0.05, 0.1) is 12.5 Å². The number of carbonyl (C=O) groups excluding carboxylic acids is 1. The van der Waals surface area contributed by atoms with Gasteiger partial charge in [0.1, 0.15) is 10.9 Å². The first-order chi connectivity index (χ1) is 11.1. The number of rotatable bonds is 3. The molecule has 7 heteroatoms. The van der Waals surface area contributed by atoms with Crippen molar-refractivity contribution >= 4 is 23.2 Å². The number of carboxylic acids is 1. The largest absolute Gasteiger partial charge is 0.480 e. The first kappa shape index (κ1) is 14.4. The summed E-state index contributed by atoms with van der Waals surface area (Å²) in [5, 5.41) is 10.2. The lowest BCUT2D eigenvalue weighted by Gasteiger charge is -2.23. The molecule has 23 heavy (non-hydrogen) atoms. The third kappa shape index (κ3) is 2.35. The van der Waals surface area contributed by atoms with Crippen molar-refractivity contribution in [1.29, 1.82) is 0 Å². The Bertz CT molecular complexity index is 739. The van der Waals surface area contributed by atoms with Gasteiger partial charge in [0.15, 0.2) is 10.8 Å². The Hall–Kier alpha value is -2.15. The molecular weight excluding hydrogens is 316 g/mol. The molecule has 0 aromatic carbocycles. The number of fused-ring (bicyclic) bond motifs is 1. The van der Waals surface area contributed by atoms with Crippen LogP contribution in [0.25, 0.3) is 10.8 Å². The minimum atomic E-state index is -0.900. The third-order valence-corrected chi connectivity index (χ3v) is 5.85. The Morgan fingerprint density at radius 1 is 1.39 bits per heavy atom. The molecule has 2 aromatic rings. The monoisotopic (exact) mass is 332 g/mol. The lowest BCUT2D eigenvalue weighted by atomic mass is 9.94. The number of carbonyl (C=O) groups is 2. The highest BCUT2D eigenvalue weighted by Gasteiger charge is 2.49. The number of hydrogen-bond acceptors (Lipinski definition) is 5. The van der Waals surface area contributed by atoms with Gasteiger partial charge < -0.3 is 14.4 Å². The van der Waals surface area contributed by atoms with Gasteiger partial charge in [0.25, 0.3) is 5.91 Å². The van der Waals surface area contributed by atoms with E-state index in [1.807, 2.05) is 0 Å². The Morgan fingerprint density at radius 2 is 2.26 bits per heavy atom. The summed E-state index contributed by atoms with van der Waals surface area (Å²) < 4.78 is 5.29. The number of aromatic nitrogens is 1. The molecule has 3 unspecified atom stereocenters. The van der Waals surface area contributed by atoms with Gasteiger partial charge in [-0.3, -0.25) is 4.79 Å². The first-order valence-electron chi connectivity index (χ1n) is 7.68. The molecule has 1 N–H and O–H groups in total. The second-order valence-corrected chi connectivity index (χ2v) is 7.13. The minimum absolute atomic E-state index is 0.0916. The van der Waals surface area contributed by atoms with Gasteiger partial charge in [0.2, 0.25) is 0 Å². The van der Waals surface area contributed by atoms with Crippen LogP contribution in [0.15, 0.2) is 29.0 Å². The average Bonchev–Trinajstić information content (AvgIpc) is 3.26. The molecule has 1 amide bonds. The van der Waals surface area contributed by atoms with Crippen molar-refractivity contribution in [2.24, 2.45) is 11.8 Å². The highest BCUT2D eigenvalue weighted by atomic mass is 32.1. The normalized spacial score (nSPS) is 26.4. The van der Waals surface area contributed by atoms with Crippen LogP contribution < -0.4 is 0 Å². The number of nitrogens with zero attached hydrogens (tertiary/aromatic N) is 2. The van der Waals surface area contributed by atoms with E-state index in [0.717, 1.165) is 19.3 Å². The van der Waals surface area contributed by atoms with Crippen LogP contribution in [0.5, 0.6) is 0 Å². The summed E-state index contributed by atoms with van der Waals surface area (Å²) in [7, 11) is 0. The van der Waals surface area contributed by atoms with Crippen LogP contribution >= 0.6 is 11.3 Å². The summed E-state index contributed by atoms with van der Waals surface area (Å²) in [6, 6.07) is 2.84. The third-order valence-electron chi connectivity index (χ3n) is 4.85. The molecule has 0 spiro atoms. The van der Waals surface area contributed by atoms with E-state index in [9.17, 15) is 14.7 Å². The van der Waals surface area contributed by atoms with E-state index in [2.05, 4.69) is 4.98 Å². The number of aliphatic carboxylic acids is 1. The van der Waals surface area contributed by atoms with E-state index in [1.165, 1.54) is 22.4 Å². The topological polar surface area (TPSA) is 83.6 Å². The number of furan rings is 1. The van der Waals surface area contributed by atoms with Gasteiger partial charge in [-0.15, -0.1) is 11.3 Å². The van der Waals surface area contributed by atoms with E-state index < -0.39 is 12.0 Å². The standard InChI is InChI=1S/C16H16N2O4S/c19-15(12-7-17-14(23-12)11-5-2-6-22-11)18-8-9-3-1-4-10(9)13(18)16(20)21/h2,5-7,9-10,13H,1,3-4,8H2,(H,20,21). The lowest BCUT2D eigenvalue weighted by molar-refractivity contribution is -0.142. The number of amides is 1. The molecule has 120 valence electrons. The summed E-state index contributed by atoms with van der Waals surface area (Å²) in [5.41, 5.74) is 0. The van der Waals surface area contributed by atoms with Crippen molar-refractivity contribution in [2.45, 2.75) is 25.3 Å². The summed E-state index contributed by atoms with van der Waals surface area (Å²) in [6.45, 7) is 0.536. The maximum Gasteiger partial charge on any atom is 0.326 e. The van der Waals surface area contributed by atoms with Crippen LogP contribution in [0.4, 0.5) is 0 Å². The van der Waals surface area contributed by atoms with Crippen molar-refractivity contribution in [3.8, 4) is 10.8 Å². The predicted molar refractivity (Wildman–Crippen MR) is 83.1 cm³/mol. The van der Waals surface area contributed by atoms with Crippen molar-refractivity contribution in [1.82, 2.24) is 9.88 Å². The number of likely N-dealkylation sites (tertiary alicyclic amines) is 1. The Morgan fingerprint density at radius 3 is 3.00 bits per heavy atom. The SMILES string of the molecule is O=C(O)C1C2CCCC2CN1C(=O)c1cnc(-c2ccco2)s1. The number of hydrogen-bond donors (Lipinski definition) is 1. The zero-order valence-corrected chi connectivity index (χ0v) is 13.2. The molecular formula is C16H16N2O4S. The second-order valence-electron chi connectivity index (χ2n) is 6.10. The number of carboxylic acid groups (broad SMARTS) is 1. The van der Waals surface area contributed by atoms with Gasteiger partial charge >= 0.3 is 5.97 Å². The van der Waals surface area contributed by atoms with Crippen molar-refractivity contribution < 1.29 is 19.1 Å². The van der Waals surface area contributed by atoms with Crippen LogP contribution in [0.3, 0.4) is 0 Å². The van der Waals surface area contributed by atoms with Gasteiger partial charge in [-0.2, -0.15) is 0 Å². The van der Waals surface area contributed by atoms with Crippen molar-refractivity contribution in [3.63, 3.8) is 0 Å². The zero-order valence-electron chi connectivity index (χ0n) is 12.3. The molecule has 1 saturated carbocycles. The van der Waals surface area contributed by atoms with Gasteiger partial charge in [0, 0.05) is 6.54 Å². The molecule has 6 nitrogen and oxygen atoms in total. The van der Waals surface area contributed by atoms with Crippen molar-refractivity contribution in [3.05, 3.63) is 29.5 Å². The molecule has 4 rings (SSSR count). The van der Waals surface area contributed by atoms with Gasteiger partial charge in [-0.05, 0) is 36.8 Å². The molecule has 0 radical (unpaired) electrons. The molecule has 1 aliphatic heterocycles. The lowest BCUT2D eigenvalue weighted by Crippen LogP contribution is -2.43. The van der Waals surface area contributed by atoms with Crippen LogP contribution in [-0.2, 0) is 4.79 Å². The quantitative estimate of drug-likeness (QED) is 0.934. The van der Waals surface area contributed by atoms with Gasteiger partial charge in [-0.25, -0.2) is 9.78 Å². The highest BCUT2D eigenvalue weighted by molar-refractivity contribution is 7.16. The fourth-order valence-corrected chi connectivity index (χ4v) is 4.70. The first-order valence-corrected chi connectivity index (χ1v) is 8.50. The molecule has 3 heterocycles. The van der Waals surface area contributed by atoms with Crippen LogP contribution in [0.1, 0.15) is 28.9 Å². The fourth-order valence-electron chi connectivity index (χ4n) is 3.86. The summed E-state index contributed by atoms with van der Waals surface area (Å²) in [4.78, 5) is 30.6.